The van der Waals surface area contributed by atoms with Crippen molar-refractivity contribution in [2.45, 2.75) is 6.92 Å². The molecule has 6 heteroatoms. The first kappa shape index (κ1) is 16.6. The largest absolute Gasteiger partial charge is 0.327 e. The summed E-state index contributed by atoms with van der Waals surface area (Å²) in [6.45, 7) is 2.87. The highest BCUT2D eigenvalue weighted by molar-refractivity contribution is 6.43. The summed E-state index contributed by atoms with van der Waals surface area (Å²) in [5, 5.41) is 4.05. The number of hydrogen-bond acceptors (Lipinski definition) is 4. The maximum absolute atomic E-state index is 6.21. The summed E-state index contributed by atoms with van der Waals surface area (Å²) in [4.78, 5) is 11.0. The molecule has 3 aromatic rings. The summed E-state index contributed by atoms with van der Waals surface area (Å²) in [5.41, 5.74) is 1.74. The minimum atomic E-state index is 0.448. The Bertz CT molecular complexity index is 824. The monoisotopic (exact) mass is 358 g/mol. The van der Waals surface area contributed by atoms with Crippen molar-refractivity contribution in [3.63, 3.8) is 0 Å². The first-order chi connectivity index (χ1) is 11.7. The average Bonchev–Trinajstić information content (AvgIpc) is 2.61. The number of rotatable bonds is 5. The van der Waals surface area contributed by atoms with Crippen molar-refractivity contribution in [3.8, 4) is 0 Å². The van der Waals surface area contributed by atoms with E-state index in [0.29, 0.717) is 21.7 Å². The van der Waals surface area contributed by atoms with Crippen LogP contribution in [0.25, 0.3) is 0 Å². The van der Waals surface area contributed by atoms with E-state index in [1.165, 1.54) is 0 Å². The van der Waals surface area contributed by atoms with Gasteiger partial charge in [-0.05, 0) is 37.3 Å². The van der Waals surface area contributed by atoms with E-state index in [0.717, 1.165) is 18.1 Å². The number of halogens is 2. The lowest BCUT2D eigenvalue weighted by molar-refractivity contribution is 0.979. The van der Waals surface area contributed by atoms with Crippen LogP contribution in [0, 0.1) is 0 Å². The Labute approximate surface area is 151 Å². The Kier molecular flexibility index (Phi) is 5.18. The maximum Gasteiger partial charge on any atom is 0.229 e. The molecule has 1 heterocycles. The average molecular weight is 359 g/mol. The molecule has 3 rings (SSSR count). The lowest BCUT2D eigenvalue weighted by Crippen LogP contribution is -2.17. The summed E-state index contributed by atoms with van der Waals surface area (Å²) in [6.07, 6.45) is 1.72. The molecule has 0 radical (unpaired) electrons. The summed E-state index contributed by atoms with van der Waals surface area (Å²) in [7, 11) is 0. The highest BCUT2D eigenvalue weighted by Gasteiger charge is 2.11. The number of benzene rings is 2. The molecule has 2 aromatic carbocycles. The van der Waals surface area contributed by atoms with E-state index >= 15 is 0 Å². The molecule has 0 spiro atoms. The number of aromatic nitrogens is 2. The molecule has 0 aliphatic carbocycles. The van der Waals surface area contributed by atoms with Crippen molar-refractivity contribution in [1.29, 1.82) is 0 Å². The van der Waals surface area contributed by atoms with Gasteiger partial charge in [0.25, 0.3) is 0 Å². The Morgan fingerprint density at radius 2 is 1.79 bits per heavy atom. The van der Waals surface area contributed by atoms with Crippen LogP contribution in [0.3, 0.4) is 0 Å². The molecule has 1 aromatic heterocycles. The molecule has 0 fully saturated rings. The standard InChI is InChI=1S/C18H16Cl2N4/c1-2-24(13-7-4-3-5-8-13)16-11-12-21-18(23-16)22-15-10-6-9-14(19)17(15)20/h3-12H,2H2,1H3,(H,21,22,23). The number of hydrogen-bond donors (Lipinski definition) is 1. The van der Waals surface area contributed by atoms with Gasteiger partial charge in [0.05, 0.1) is 15.7 Å². The smallest absolute Gasteiger partial charge is 0.229 e. The minimum Gasteiger partial charge on any atom is -0.327 e. The van der Waals surface area contributed by atoms with E-state index in [1.807, 2.05) is 48.5 Å². The second-order valence-electron chi connectivity index (χ2n) is 5.04. The van der Waals surface area contributed by atoms with Gasteiger partial charge in [0.1, 0.15) is 5.82 Å². The predicted octanol–water partition coefficient (Wildman–Crippen LogP) is 5.69. The fourth-order valence-electron chi connectivity index (χ4n) is 2.37. The molecular formula is C18H16Cl2N4. The van der Waals surface area contributed by atoms with Gasteiger partial charge >= 0.3 is 0 Å². The van der Waals surface area contributed by atoms with Gasteiger partial charge in [0.15, 0.2) is 0 Å². The minimum absolute atomic E-state index is 0.448. The topological polar surface area (TPSA) is 41.1 Å². The zero-order chi connectivity index (χ0) is 16.9. The number of para-hydroxylation sites is 1. The summed E-state index contributed by atoms with van der Waals surface area (Å²) >= 11 is 12.3. The van der Waals surface area contributed by atoms with Crippen LogP contribution in [0.1, 0.15) is 6.92 Å². The van der Waals surface area contributed by atoms with Crippen LogP contribution >= 0.6 is 23.2 Å². The summed E-state index contributed by atoms with van der Waals surface area (Å²) in [6, 6.07) is 17.4. The lowest BCUT2D eigenvalue weighted by atomic mass is 10.3. The molecular weight excluding hydrogens is 343 g/mol. The fraction of sp³-hybridized carbons (Fsp3) is 0.111. The zero-order valence-electron chi connectivity index (χ0n) is 13.1. The van der Waals surface area contributed by atoms with Crippen molar-refractivity contribution in [1.82, 2.24) is 9.97 Å². The fourth-order valence-corrected chi connectivity index (χ4v) is 2.71. The second kappa shape index (κ2) is 7.51. The second-order valence-corrected chi connectivity index (χ2v) is 5.83. The summed E-state index contributed by atoms with van der Waals surface area (Å²) in [5.74, 6) is 1.27. The van der Waals surface area contributed by atoms with Gasteiger partial charge in [0, 0.05) is 18.4 Å². The van der Waals surface area contributed by atoms with Gasteiger partial charge in [-0.3, -0.25) is 0 Å². The molecule has 0 aliphatic heterocycles. The van der Waals surface area contributed by atoms with Crippen molar-refractivity contribution in [3.05, 3.63) is 70.8 Å². The molecule has 4 nitrogen and oxygen atoms in total. The van der Waals surface area contributed by atoms with Crippen LogP contribution in [0.2, 0.25) is 10.0 Å². The van der Waals surface area contributed by atoms with Gasteiger partial charge in [0.2, 0.25) is 5.95 Å². The third kappa shape index (κ3) is 3.61. The molecule has 24 heavy (non-hydrogen) atoms. The van der Waals surface area contributed by atoms with E-state index < -0.39 is 0 Å². The normalized spacial score (nSPS) is 10.5. The highest BCUT2D eigenvalue weighted by Crippen LogP contribution is 2.31. The molecule has 0 saturated carbocycles. The van der Waals surface area contributed by atoms with Crippen molar-refractivity contribution >= 4 is 46.3 Å². The van der Waals surface area contributed by atoms with Gasteiger partial charge in [-0.15, -0.1) is 0 Å². The van der Waals surface area contributed by atoms with E-state index in [9.17, 15) is 0 Å². The predicted molar refractivity (Wildman–Crippen MR) is 101 cm³/mol. The van der Waals surface area contributed by atoms with Crippen LogP contribution in [-0.2, 0) is 0 Å². The van der Waals surface area contributed by atoms with E-state index in [1.54, 1.807) is 12.3 Å². The van der Waals surface area contributed by atoms with E-state index in [4.69, 9.17) is 23.2 Å². The molecule has 0 amide bonds. The Morgan fingerprint density at radius 1 is 1.00 bits per heavy atom. The molecule has 0 unspecified atom stereocenters. The molecule has 0 aliphatic rings. The van der Waals surface area contributed by atoms with Gasteiger partial charge < -0.3 is 10.2 Å². The molecule has 0 atom stereocenters. The Hall–Kier alpha value is -2.30. The maximum atomic E-state index is 6.21. The number of anilines is 4. The van der Waals surface area contributed by atoms with Crippen LogP contribution in [0.15, 0.2) is 60.8 Å². The third-order valence-electron chi connectivity index (χ3n) is 3.50. The highest BCUT2D eigenvalue weighted by atomic mass is 35.5. The Morgan fingerprint density at radius 3 is 2.54 bits per heavy atom. The van der Waals surface area contributed by atoms with E-state index in [2.05, 4.69) is 27.1 Å². The lowest BCUT2D eigenvalue weighted by Gasteiger charge is -2.22. The Balaban J connectivity index is 1.90. The van der Waals surface area contributed by atoms with Crippen molar-refractivity contribution in [2.24, 2.45) is 0 Å². The molecule has 0 bridgehead atoms. The van der Waals surface area contributed by atoms with Crippen molar-refractivity contribution in [2.75, 3.05) is 16.8 Å². The SMILES string of the molecule is CCN(c1ccccc1)c1ccnc(Nc2cccc(Cl)c2Cl)n1. The van der Waals surface area contributed by atoms with Gasteiger partial charge in [-0.1, -0.05) is 47.5 Å². The van der Waals surface area contributed by atoms with Crippen LogP contribution < -0.4 is 10.2 Å². The van der Waals surface area contributed by atoms with Crippen LogP contribution in [0.5, 0.6) is 0 Å². The number of nitrogens with zero attached hydrogens (tertiary/aromatic N) is 3. The molecule has 1 N–H and O–H groups in total. The number of nitrogens with one attached hydrogen (secondary N) is 1. The van der Waals surface area contributed by atoms with Gasteiger partial charge in [-0.25, -0.2) is 4.98 Å². The van der Waals surface area contributed by atoms with Gasteiger partial charge in [-0.2, -0.15) is 4.98 Å². The van der Waals surface area contributed by atoms with E-state index in [-0.39, 0.29) is 0 Å². The molecule has 0 saturated heterocycles. The summed E-state index contributed by atoms with van der Waals surface area (Å²) < 4.78 is 0. The zero-order valence-corrected chi connectivity index (χ0v) is 14.6. The molecule has 122 valence electrons. The quantitative estimate of drug-likeness (QED) is 0.636. The third-order valence-corrected chi connectivity index (χ3v) is 4.32. The van der Waals surface area contributed by atoms with Crippen molar-refractivity contribution < 1.29 is 0 Å². The first-order valence-corrected chi connectivity index (χ1v) is 8.31. The van der Waals surface area contributed by atoms with Crippen LogP contribution in [-0.4, -0.2) is 16.5 Å². The van der Waals surface area contributed by atoms with Crippen LogP contribution in [0.4, 0.5) is 23.1 Å². The first-order valence-electron chi connectivity index (χ1n) is 7.55.